The molecule has 0 aliphatic heterocycles. The van der Waals surface area contributed by atoms with E-state index >= 15 is 0 Å². The van der Waals surface area contributed by atoms with E-state index in [-0.39, 0.29) is 5.56 Å². The summed E-state index contributed by atoms with van der Waals surface area (Å²) in [6, 6.07) is 0. The first kappa shape index (κ1) is 9.63. The van der Waals surface area contributed by atoms with Gasteiger partial charge in [0, 0.05) is 17.3 Å². The molecule has 0 radical (unpaired) electrons. The van der Waals surface area contributed by atoms with Crippen LogP contribution in [0.5, 0.6) is 0 Å². The molecule has 1 N–H and O–H groups in total. The molecule has 16 heavy (non-hydrogen) atoms. The number of fused-ring (bicyclic) bond motifs is 2. The quantitative estimate of drug-likeness (QED) is 0.681. The van der Waals surface area contributed by atoms with Gasteiger partial charge in [0.25, 0.3) is 5.56 Å². The Labute approximate surface area is 93.3 Å². The number of rotatable bonds is 0. The third kappa shape index (κ3) is 1.29. The topological polar surface area (TPSA) is 50.2 Å². The summed E-state index contributed by atoms with van der Waals surface area (Å²) in [5, 5.41) is 2.97. The van der Waals surface area contributed by atoms with Gasteiger partial charge in [-0.2, -0.15) is 0 Å². The van der Waals surface area contributed by atoms with E-state index in [4.69, 9.17) is 0 Å². The van der Waals surface area contributed by atoms with Crippen LogP contribution in [0.15, 0.2) is 11.0 Å². The Balaban J connectivity index is 2.35. The second-order valence-corrected chi connectivity index (χ2v) is 4.52. The summed E-state index contributed by atoms with van der Waals surface area (Å²) in [5.41, 5.74) is 3.84. The van der Waals surface area contributed by atoms with Crippen molar-refractivity contribution in [2.45, 2.75) is 39.0 Å². The number of aromatic nitrogens is 3. The van der Waals surface area contributed by atoms with Crippen LogP contribution < -0.4 is 5.56 Å². The van der Waals surface area contributed by atoms with Gasteiger partial charge in [0.1, 0.15) is 0 Å². The normalized spacial score (nSPS) is 16.1. The highest BCUT2D eigenvalue weighted by atomic mass is 16.1. The van der Waals surface area contributed by atoms with Crippen molar-refractivity contribution in [1.82, 2.24) is 14.6 Å². The molecule has 0 saturated heterocycles. The molecule has 1 aliphatic rings. The number of hydrogen-bond donors (Lipinski definition) is 1. The Hall–Kier alpha value is -1.58. The van der Waals surface area contributed by atoms with Crippen molar-refractivity contribution >= 4 is 5.65 Å². The summed E-state index contributed by atoms with van der Waals surface area (Å²) < 4.78 is 1.57. The highest BCUT2D eigenvalue weighted by molar-refractivity contribution is 5.47. The monoisotopic (exact) mass is 217 g/mol. The Morgan fingerprint density at radius 1 is 1.31 bits per heavy atom. The van der Waals surface area contributed by atoms with E-state index in [1.54, 1.807) is 4.52 Å². The van der Waals surface area contributed by atoms with Gasteiger partial charge >= 0.3 is 0 Å². The van der Waals surface area contributed by atoms with Gasteiger partial charge in [-0.05, 0) is 32.6 Å². The first-order valence-electron chi connectivity index (χ1n) is 5.86. The standard InChI is InChI=1S/C12H15N3O/c1-8-7-13-15-11(8)14-10-6-4-2-3-5-9(10)12(15)16/h7,13H,2-6H2,1H3. The molecule has 0 saturated carbocycles. The molecule has 4 nitrogen and oxygen atoms in total. The Morgan fingerprint density at radius 3 is 3.00 bits per heavy atom. The molecule has 0 bridgehead atoms. The third-order valence-electron chi connectivity index (χ3n) is 3.37. The zero-order valence-electron chi connectivity index (χ0n) is 9.42. The number of aryl methyl sites for hydroxylation is 2. The minimum atomic E-state index is 0.0926. The summed E-state index contributed by atoms with van der Waals surface area (Å²) in [6.07, 6.45) is 7.12. The van der Waals surface area contributed by atoms with Gasteiger partial charge in [-0.25, -0.2) is 9.50 Å². The minimum absolute atomic E-state index is 0.0926. The van der Waals surface area contributed by atoms with E-state index in [0.717, 1.165) is 48.2 Å². The maximum Gasteiger partial charge on any atom is 0.276 e. The van der Waals surface area contributed by atoms with Crippen LogP contribution in [-0.2, 0) is 12.8 Å². The van der Waals surface area contributed by atoms with Crippen molar-refractivity contribution < 1.29 is 0 Å². The van der Waals surface area contributed by atoms with Gasteiger partial charge in [0.2, 0.25) is 0 Å². The predicted molar refractivity (Wildman–Crippen MR) is 61.8 cm³/mol. The molecule has 0 amide bonds. The highest BCUT2D eigenvalue weighted by Crippen LogP contribution is 2.17. The molecule has 2 heterocycles. The van der Waals surface area contributed by atoms with Crippen LogP contribution in [0.25, 0.3) is 5.65 Å². The Bertz CT molecular complexity index is 594. The van der Waals surface area contributed by atoms with E-state index in [1.807, 2.05) is 13.1 Å². The van der Waals surface area contributed by atoms with Crippen molar-refractivity contribution in [2.24, 2.45) is 0 Å². The van der Waals surface area contributed by atoms with Crippen molar-refractivity contribution in [3.8, 4) is 0 Å². The Kier molecular flexibility index (Phi) is 2.09. The van der Waals surface area contributed by atoms with E-state index in [2.05, 4.69) is 10.1 Å². The van der Waals surface area contributed by atoms with Crippen LogP contribution in [0.4, 0.5) is 0 Å². The molecule has 0 spiro atoms. The second-order valence-electron chi connectivity index (χ2n) is 4.52. The maximum atomic E-state index is 12.2. The van der Waals surface area contributed by atoms with Crippen molar-refractivity contribution in [3.63, 3.8) is 0 Å². The zero-order valence-corrected chi connectivity index (χ0v) is 9.42. The van der Waals surface area contributed by atoms with Crippen LogP contribution in [0, 0.1) is 6.92 Å². The minimum Gasteiger partial charge on any atom is -0.297 e. The van der Waals surface area contributed by atoms with E-state index in [9.17, 15) is 4.79 Å². The van der Waals surface area contributed by atoms with Crippen LogP contribution in [-0.4, -0.2) is 14.6 Å². The largest absolute Gasteiger partial charge is 0.297 e. The van der Waals surface area contributed by atoms with E-state index in [0.29, 0.717) is 0 Å². The molecular formula is C12H15N3O. The second kappa shape index (κ2) is 3.47. The molecule has 3 rings (SSSR count). The van der Waals surface area contributed by atoms with Crippen LogP contribution in [0.3, 0.4) is 0 Å². The molecule has 0 unspecified atom stereocenters. The smallest absolute Gasteiger partial charge is 0.276 e. The fourth-order valence-corrected chi connectivity index (χ4v) is 2.44. The van der Waals surface area contributed by atoms with Gasteiger partial charge in [-0.1, -0.05) is 6.42 Å². The molecule has 1 aliphatic carbocycles. The van der Waals surface area contributed by atoms with Gasteiger partial charge in [0.05, 0.1) is 5.69 Å². The summed E-state index contributed by atoms with van der Waals surface area (Å²) in [5.74, 6) is 0. The molecular weight excluding hydrogens is 202 g/mol. The maximum absolute atomic E-state index is 12.2. The van der Waals surface area contributed by atoms with Gasteiger partial charge in [-0.3, -0.25) is 9.89 Å². The molecule has 0 atom stereocenters. The Morgan fingerprint density at radius 2 is 2.12 bits per heavy atom. The fraction of sp³-hybridized carbons (Fsp3) is 0.500. The van der Waals surface area contributed by atoms with E-state index < -0.39 is 0 Å². The van der Waals surface area contributed by atoms with Crippen LogP contribution >= 0.6 is 0 Å². The summed E-state index contributed by atoms with van der Waals surface area (Å²) >= 11 is 0. The third-order valence-corrected chi connectivity index (χ3v) is 3.37. The number of hydrogen-bond acceptors (Lipinski definition) is 2. The lowest BCUT2D eigenvalue weighted by Crippen LogP contribution is -2.22. The average molecular weight is 217 g/mol. The molecule has 2 aromatic heterocycles. The summed E-state index contributed by atoms with van der Waals surface area (Å²) in [7, 11) is 0. The predicted octanol–water partition coefficient (Wildman–Crippen LogP) is 1.60. The molecule has 84 valence electrons. The first-order chi connectivity index (χ1) is 7.77. The van der Waals surface area contributed by atoms with E-state index in [1.165, 1.54) is 6.42 Å². The van der Waals surface area contributed by atoms with Gasteiger partial charge < -0.3 is 0 Å². The summed E-state index contributed by atoms with van der Waals surface area (Å²) in [6.45, 7) is 1.97. The number of nitrogens with zero attached hydrogens (tertiary/aromatic N) is 2. The van der Waals surface area contributed by atoms with Crippen LogP contribution in [0.1, 0.15) is 36.1 Å². The number of H-pyrrole nitrogens is 1. The van der Waals surface area contributed by atoms with Crippen molar-refractivity contribution in [1.29, 1.82) is 0 Å². The molecule has 2 aromatic rings. The molecule has 4 heteroatoms. The first-order valence-corrected chi connectivity index (χ1v) is 5.86. The lowest BCUT2D eigenvalue weighted by molar-refractivity contribution is 0.708. The van der Waals surface area contributed by atoms with Gasteiger partial charge in [0.15, 0.2) is 5.65 Å². The van der Waals surface area contributed by atoms with Crippen molar-refractivity contribution in [2.75, 3.05) is 0 Å². The fourth-order valence-electron chi connectivity index (χ4n) is 2.44. The lowest BCUT2D eigenvalue weighted by Gasteiger charge is -2.04. The highest BCUT2D eigenvalue weighted by Gasteiger charge is 2.16. The number of aromatic amines is 1. The van der Waals surface area contributed by atoms with Crippen LogP contribution in [0.2, 0.25) is 0 Å². The summed E-state index contributed by atoms with van der Waals surface area (Å²) in [4.78, 5) is 16.9. The lowest BCUT2D eigenvalue weighted by atomic mass is 10.1. The van der Waals surface area contributed by atoms with Gasteiger partial charge in [-0.15, -0.1) is 0 Å². The molecule has 0 fully saturated rings. The molecule has 0 aromatic carbocycles. The van der Waals surface area contributed by atoms with Crippen molar-refractivity contribution in [3.05, 3.63) is 33.4 Å². The SMILES string of the molecule is Cc1c[nH]n2c(=O)c3c(nc12)CCCCC3. The zero-order chi connectivity index (χ0) is 11.1. The average Bonchev–Trinajstić information content (AvgIpc) is 2.52. The number of nitrogens with one attached hydrogen (secondary N) is 1.